The van der Waals surface area contributed by atoms with Crippen molar-refractivity contribution in [3.05, 3.63) is 83.6 Å². The van der Waals surface area contributed by atoms with E-state index in [1.54, 1.807) is 0 Å². The average molecular weight is 277 g/mol. The fourth-order valence-corrected chi connectivity index (χ4v) is 3.62. The average Bonchev–Trinajstić information content (AvgIpc) is 2.92. The molecule has 0 atom stereocenters. The molecule has 2 aromatic carbocycles. The van der Waals surface area contributed by atoms with Crippen molar-refractivity contribution in [1.82, 2.24) is 5.16 Å². The fraction of sp³-hybridized carbons (Fsp3) is 0.118. The minimum atomic E-state index is 0.324. The van der Waals surface area contributed by atoms with Crippen molar-refractivity contribution in [3.63, 3.8) is 0 Å². The van der Waals surface area contributed by atoms with Crippen molar-refractivity contribution in [2.45, 2.75) is 12.5 Å². The number of benzene rings is 2. The van der Waals surface area contributed by atoms with Crippen LogP contribution < -0.4 is 5.38 Å². The maximum Gasteiger partial charge on any atom is 0.150 e. The van der Waals surface area contributed by atoms with Gasteiger partial charge < -0.3 is 4.52 Å². The maximum absolute atomic E-state index is 5.40. The monoisotopic (exact) mass is 277 g/mol. The highest BCUT2D eigenvalue weighted by molar-refractivity contribution is 6.54. The molecule has 0 aliphatic heterocycles. The lowest BCUT2D eigenvalue weighted by Crippen LogP contribution is -2.21. The Balaban J connectivity index is 1.96. The van der Waals surface area contributed by atoms with Crippen LogP contribution in [0.25, 0.3) is 0 Å². The summed E-state index contributed by atoms with van der Waals surface area (Å²) in [6.45, 7) is 1.96. The van der Waals surface area contributed by atoms with Gasteiger partial charge in [0.05, 0.1) is 5.69 Å². The van der Waals surface area contributed by atoms with Gasteiger partial charge in [0.25, 0.3) is 0 Å². The molecule has 0 unspecified atom stereocenters. The van der Waals surface area contributed by atoms with Crippen LogP contribution in [0.1, 0.15) is 22.4 Å². The molecule has 0 aliphatic rings. The van der Waals surface area contributed by atoms with Gasteiger partial charge in [0.1, 0.15) is 14.9 Å². The highest BCUT2D eigenvalue weighted by Crippen LogP contribution is 2.23. The summed E-state index contributed by atoms with van der Waals surface area (Å²) >= 11 is 0. The number of hydrogen-bond acceptors (Lipinski definition) is 2. The zero-order chi connectivity index (χ0) is 13.8. The molecule has 1 heterocycles. The van der Waals surface area contributed by atoms with E-state index < -0.39 is 0 Å². The first-order valence-corrected chi connectivity index (χ1v) is 7.70. The maximum atomic E-state index is 5.40. The van der Waals surface area contributed by atoms with Gasteiger partial charge in [0, 0.05) is 5.54 Å². The Labute approximate surface area is 121 Å². The first-order valence-electron chi connectivity index (χ1n) is 6.63. The second-order valence-electron chi connectivity index (χ2n) is 4.73. The van der Waals surface area contributed by atoms with Crippen LogP contribution >= 0.6 is 0 Å². The van der Waals surface area contributed by atoms with Crippen LogP contribution in [0.3, 0.4) is 0 Å². The van der Waals surface area contributed by atoms with Crippen LogP contribution in [0, 0.1) is 6.92 Å². The Kier molecular flexibility index (Phi) is 3.79. The molecular formula is C17H15NOSi. The zero-order valence-electron chi connectivity index (χ0n) is 11.3. The highest BCUT2D eigenvalue weighted by atomic mass is 28.2. The van der Waals surface area contributed by atoms with Crippen LogP contribution in [0.5, 0.6) is 0 Å². The van der Waals surface area contributed by atoms with E-state index in [4.69, 9.17) is 4.52 Å². The molecule has 3 aromatic rings. The van der Waals surface area contributed by atoms with Crippen molar-refractivity contribution >= 4 is 14.9 Å². The summed E-state index contributed by atoms with van der Waals surface area (Å²) < 4.78 is 5.40. The smallest absolute Gasteiger partial charge is 0.150 e. The van der Waals surface area contributed by atoms with E-state index in [1.807, 2.05) is 25.1 Å². The van der Waals surface area contributed by atoms with Gasteiger partial charge in [-0.2, -0.15) is 0 Å². The molecule has 0 amide bonds. The van der Waals surface area contributed by atoms with Crippen molar-refractivity contribution in [3.8, 4) is 0 Å². The Morgan fingerprint density at radius 3 is 1.90 bits per heavy atom. The molecule has 3 heteroatoms. The first kappa shape index (κ1) is 12.9. The van der Waals surface area contributed by atoms with Gasteiger partial charge in [-0.3, -0.25) is 0 Å². The molecular weight excluding hydrogens is 262 g/mol. The molecule has 1 aromatic heterocycles. The fourth-order valence-electron chi connectivity index (χ4n) is 2.22. The summed E-state index contributed by atoms with van der Waals surface area (Å²) in [5.74, 6) is 0. The van der Waals surface area contributed by atoms with Crippen molar-refractivity contribution in [2.75, 3.05) is 0 Å². The molecule has 98 valence electrons. The van der Waals surface area contributed by atoms with E-state index in [2.05, 4.69) is 53.7 Å². The topological polar surface area (TPSA) is 26.0 Å². The number of nitrogens with zero attached hydrogens (tertiary/aromatic N) is 1. The van der Waals surface area contributed by atoms with Gasteiger partial charge in [-0.25, -0.2) is 0 Å². The normalized spacial score (nSPS) is 10.9. The van der Waals surface area contributed by atoms with Gasteiger partial charge in [-0.05, 0) is 24.1 Å². The molecule has 0 spiro atoms. The lowest BCUT2D eigenvalue weighted by atomic mass is 10.0. The van der Waals surface area contributed by atoms with Crippen molar-refractivity contribution in [1.29, 1.82) is 0 Å². The Hall–Kier alpha value is -2.13. The predicted octanol–water partition coefficient (Wildman–Crippen LogP) is 3.10. The number of aromatic nitrogens is 1. The summed E-state index contributed by atoms with van der Waals surface area (Å²) in [6, 6.07) is 23.2. The highest BCUT2D eigenvalue weighted by Gasteiger charge is 2.18. The summed E-state index contributed by atoms with van der Waals surface area (Å²) in [7, 11) is 0.542. The van der Waals surface area contributed by atoms with E-state index in [0.717, 1.165) is 11.1 Å². The molecule has 0 bridgehead atoms. The number of rotatable bonds is 4. The minimum absolute atomic E-state index is 0.324. The van der Waals surface area contributed by atoms with Crippen LogP contribution in [-0.4, -0.2) is 14.7 Å². The van der Waals surface area contributed by atoms with Gasteiger partial charge in [0.15, 0.2) is 0 Å². The summed E-state index contributed by atoms with van der Waals surface area (Å²) in [6.07, 6.45) is 0. The molecule has 0 saturated carbocycles. The van der Waals surface area contributed by atoms with E-state index in [-0.39, 0.29) is 0 Å². The molecule has 0 N–H and O–H groups in total. The molecule has 3 rings (SSSR count). The lowest BCUT2D eigenvalue weighted by Gasteiger charge is -2.15. The standard InChI is InChI=1S/C17H15NOSi/c1-13-12-16(19-18-13)20-17(14-8-4-2-5-9-14)15-10-6-3-7-11-15/h2-12,17H,1H3. The van der Waals surface area contributed by atoms with E-state index in [9.17, 15) is 0 Å². The molecule has 0 fully saturated rings. The third-order valence-corrected chi connectivity index (χ3v) is 4.66. The SMILES string of the molecule is Cc1cc([Si]C(c2ccccc2)c2ccccc2)on1. The summed E-state index contributed by atoms with van der Waals surface area (Å²) in [5.41, 5.74) is 3.88. The van der Waals surface area contributed by atoms with Gasteiger partial charge in [0.2, 0.25) is 0 Å². The zero-order valence-corrected chi connectivity index (χ0v) is 12.3. The molecule has 2 radical (unpaired) electrons. The molecule has 20 heavy (non-hydrogen) atoms. The summed E-state index contributed by atoms with van der Waals surface area (Å²) in [4.78, 5) is 0. The number of hydrogen-bond donors (Lipinski definition) is 0. The van der Waals surface area contributed by atoms with Crippen molar-refractivity contribution < 1.29 is 4.52 Å². The van der Waals surface area contributed by atoms with Gasteiger partial charge >= 0.3 is 0 Å². The van der Waals surface area contributed by atoms with Crippen LogP contribution in [0.15, 0.2) is 71.3 Å². The van der Waals surface area contributed by atoms with E-state index in [1.165, 1.54) is 11.1 Å². The van der Waals surface area contributed by atoms with Crippen molar-refractivity contribution in [2.24, 2.45) is 0 Å². The van der Waals surface area contributed by atoms with E-state index in [0.29, 0.717) is 15.1 Å². The van der Waals surface area contributed by atoms with Gasteiger partial charge in [-0.15, -0.1) is 0 Å². The second-order valence-corrected chi connectivity index (χ2v) is 6.09. The third-order valence-electron chi connectivity index (χ3n) is 3.18. The molecule has 2 nitrogen and oxygen atoms in total. The van der Waals surface area contributed by atoms with Gasteiger partial charge in [-0.1, -0.05) is 65.8 Å². The lowest BCUT2D eigenvalue weighted by molar-refractivity contribution is 0.439. The Morgan fingerprint density at radius 2 is 1.45 bits per heavy atom. The second kappa shape index (κ2) is 5.88. The summed E-state index contributed by atoms with van der Waals surface area (Å²) in [5, 5.41) is 4.95. The Bertz CT molecular complexity index is 624. The number of aryl methyl sites for hydroxylation is 1. The molecule has 0 aliphatic carbocycles. The molecule has 0 saturated heterocycles. The Morgan fingerprint density at radius 1 is 0.900 bits per heavy atom. The minimum Gasteiger partial charge on any atom is -0.367 e. The third kappa shape index (κ3) is 2.88. The van der Waals surface area contributed by atoms with Crippen LogP contribution in [0.2, 0.25) is 0 Å². The largest absolute Gasteiger partial charge is 0.367 e. The predicted molar refractivity (Wildman–Crippen MR) is 81.4 cm³/mol. The van der Waals surface area contributed by atoms with Crippen LogP contribution in [-0.2, 0) is 0 Å². The van der Waals surface area contributed by atoms with E-state index >= 15 is 0 Å². The first-order chi connectivity index (χ1) is 9.83. The quantitative estimate of drug-likeness (QED) is 0.685. The van der Waals surface area contributed by atoms with Crippen LogP contribution in [0.4, 0.5) is 0 Å².